The van der Waals surface area contributed by atoms with Crippen LogP contribution in [0, 0.1) is 5.41 Å². The van der Waals surface area contributed by atoms with Gasteiger partial charge in [0, 0.05) is 6.42 Å². The quantitative estimate of drug-likeness (QED) is 0.564. The average Bonchev–Trinajstić information content (AvgIpc) is 1.86. The molecule has 0 heterocycles. The van der Waals surface area contributed by atoms with Gasteiger partial charge >= 0.3 is 0 Å². The Morgan fingerprint density at radius 1 is 1.55 bits per heavy atom. The minimum Gasteiger partial charge on any atom is -0.295 e. The normalized spacial score (nSPS) is 23.2. The Morgan fingerprint density at radius 2 is 2.18 bits per heavy atom. The first-order valence-corrected chi connectivity index (χ1v) is 4.27. The van der Waals surface area contributed by atoms with E-state index in [9.17, 15) is 4.79 Å². The van der Waals surface area contributed by atoms with Gasteiger partial charge in [0.15, 0.2) is 5.78 Å². The van der Waals surface area contributed by atoms with Gasteiger partial charge in [0.1, 0.15) is 0 Å². The van der Waals surface area contributed by atoms with Gasteiger partial charge in [-0.25, -0.2) is 0 Å². The van der Waals surface area contributed by atoms with Gasteiger partial charge < -0.3 is 0 Å². The second-order valence-corrected chi connectivity index (χ2v) is 4.05. The van der Waals surface area contributed by atoms with E-state index in [1.807, 2.05) is 6.92 Å². The van der Waals surface area contributed by atoms with Crippen LogP contribution in [0.4, 0.5) is 0 Å². The molecule has 1 rings (SSSR count). The average molecular weight is 152 g/mol. The second kappa shape index (κ2) is 2.80. The van der Waals surface area contributed by atoms with Gasteiger partial charge in [-0.3, -0.25) is 4.79 Å². The third-order valence-corrected chi connectivity index (χ3v) is 2.28. The van der Waals surface area contributed by atoms with Crippen molar-refractivity contribution in [3.63, 3.8) is 0 Å². The maximum Gasteiger partial charge on any atom is 0.159 e. The lowest BCUT2D eigenvalue weighted by atomic mass is 9.77. The Hall–Kier alpha value is -0.590. The molecule has 0 bridgehead atoms. The highest BCUT2D eigenvalue weighted by Gasteiger charge is 2.26. The largest absolute Gasteiger partial charge is 0.295 e. The molecule has 0 saturated carbocycles. The molecule has 0 aromatic rings. The van der Waals surface area contributed by atoms with Crippen molar-refractivity contribution in [2.45, 2.75) is 40.0 Å². The van der Waals surface area contributed by atoms with Crippen LogP contribution in [0.2, 0.25) is 0 Å². The van der Waals surface area contributed by atoms with Gasteiger partial charge in [-0.2, -0.15) is 0 Å². The summed E-state index contributed by atoms with van der Waals surface area (Å²) in [5.41, 5.74) is 1.24. The highest BCUT2D eigenvalue weighted by atomic mass is 16.1. The zero-order chi connectivity index (χ0) is 8.48. The summed E-state index contributed by atoms with van der Waals surface area (Å²) in [5.74, 6) is 0.351. The van der Waals surface area contributed by atoms with Crippen LogP contribution in [-0.4, -0.2) is 5.78 Å². The zero-order valence-electron chi connectivity index (χ0n) is 7.61. The molecule has 0 atom stereocenters. The molecule has 0 N–H and O–H groups in total. The van der Waals surface area contributed by atoms with Crippen LogP contribution in [0.3, 0.4) is 0 Å². The Morgan fingerprint density at radius 3 is 2.64 bits per heavy atom. The van der Waals surface area contributed by atoms with Crippen molar-refractivity contribution in [1.82, 2.24) is 0 Å². The molecule has 0 unspecified atom stereocenters. The van der Waals surface area contributed by atoms with Crippen molar-refractivity contribution in [2.75, 3.05) is 0 Å². The monoisotopic (exact) mass is 152 g/mol. The van der Waals surface area contributed by atoms with Crippen molar-refractivity contribution in [3.8, 4) is 0 Å². The topological polar surface area (TPSA) is 17.1 Å². The molecule has 0 aromatic heterocycles. The van der Waals surface area contributed by atoms with E-state index in [0.29, 0.717) is 5.78 Å². The molecule has 1 aliphatic rings. The fraction of sp³-hybridized carbons (Fsp3) is 0.700. The highest BCUT2D eigenvalue weighted by molar-refractivity contribution is 5.96. The number of carbonyl (C=O) groups is 1. The van der Waals surface area contributed by atoms with Crippen LogP contribution in [0.5, 0.6) is 0 Å². The molecule has 1 aliphatic carbocycles. The van der Waals surface area contributed by atoms with E-state index in [2.05, 4.69) is 19.9 Å². The maximum absolute atomic E-state index is 11.4. The lowest BCUT2D eigenvalue weighted by Crippen LogP contribution is -2.22. The van der Waals surface area contributed by atoms with Crippen molar-refractivity contribution < 1.29 is 4.79 Å². The molecule has 1 nitrogen and oxygen atoms in total. The summed E-state index contributed by atoms with van der Waals surface area (Å²) in [4.78, 5) is 11.4. The summed E-state index contributed by atoms with van der Waals surface area (Å²) in [6, 6.07) is 0. The van der Waals surface area contributed by atoms with Crippen molar-refractivity contribution >= 4 is 5.78 Å². The summed E-state index contributed by atoms with van der Waals surface area (Å²) < 4.78 is 0. The minimum atomic E-state index is 0.204. The van der Waals surface area contributed by atoms with Gasteiger partial charge in [-0.15, -0.1) is 0 Å². The summed E-state index contributed by atoms with van der Waals surface area (Å²) in [7, 11) is 0. The van der Waals surface area contributed by atoms with Crippen molar-refractivity contribution in [2.24, 2.45) is 5.41 Å². The lowest BCUT2D eigenvalue weighted by molar-refractivity contribution is -0.118. The maximum atomic E-state index is 11.4. The minimum absolute atomic E-state index is 0.204. The first-order valence-electron chi connectivity index (χ1n) is 4.27. The molecule has 0 spiro atoms. The van der Waals surface area contributed by atoms with Gasteiger partial charge in [-0.05, 0) is 23.8 Å². The first-order chi connectivity index (χ1) is 5.05. The van der Waals surface area contributed by atoms with Crippen LogP contribution in [0.25, 0.3) is 0 Å². The van der Waals surface area contributed by atoms with E-state index < -0.39 is 0 Å². The molecular weight excluding hydrogens is 136 g/mol. The fourth-order valence-electron chi connectivity index (χ4n) is 1.48. The number of rotatable bonds is 1. The Labute approximate surface area is 68.5 Å². The molecule has 0 aromatic carbocycles. The first kappa shape index (κ1) is 8.51. The van der Waals surface area contributed by atoms with Crippen LogP contribution < -0.4 is 0 Å². The zero-order valence-corrected chi connectivity index (χ0v) is 7.61. The summed E-state index contributed by atoms with van der Waals surface area (Å²) in [6.07, 6.45) is 4.79. The van der Waals surface area contributed by atoms with E-state index in [-0.39, 0.29) is 5.41 Å². The predicted octanol–water partition coefficient (Wildman–Crippen LogP) is 2.71. The molecule has 0 amide bonds. The van der Waals surface area contributed by atoms with E-state index in [1.165, 1.54) is 0 Å². The number of hydrogen-bond acceptors (Lipinski definition) is 1. The summed E-state index contributed by atoms with van der Waals surface area (Å²) in [6.45, 7) is 6.34. The van der Waals surface area contributed by atoms with Crippen LogP contribution in [0.1, 0.15) is 40.0 Å². The van der Waals surface area contributed by atoms with Crippen LogP contribution in [0.15, 0.2) is 11.6 Å². The third-order valence-electron chi connectivity index (χ3n) is 2.28. The SMILES string of the molecule is CCC1=CCC(C)(C)CC1=O. The van der Waals surface area contributed by atoms with Crippen molar-refractivity contribution in [1.29, 1.82) is 0 Å². The second-order valence-electron chi connectivity index (χ2n) is 4.05. The number of allylic oxidation sites excluding steroid dienone is 2. The van der Waals surface area contributed by atoms with Gasteiger partial charge in [0.05, 0.1) is 0 Å². The molecule has 0 radical (unpaired) electrons. The molecule has 0 aliphatic heterocycles. The van der Waals surface area contributed by atoms with E-state index in [1.54, 1.807) is 0 Å². The van der Waals surface area contributed by atoms with Crippen molar-refractivity contribution in [3.05, 3.63) is 11.6 Å². The molecular formula is C10H16O. The summed E-state index contributed by atoms with van der Waals surface area (Å²) in [5, 5.41) is 0. The van der Waals surface area contributed by atoms with E-state index in [0.717, 1.165) is 24.8 Å². The van der Waals surface area contributed by atoms with E-state index in [4.69, 9.17) is 0 Å². The smallest absolute Gasteiger partial charge is 0.159 e. The Balaban J connectivity index is 2.76. The van der Waals surface area contributed by atoms with Gasteiger partial charge in [0.2, 0.25) is 0 Å². The fourth-order valence-corrected chi connectivity index (χ4v) is 1.48. The number of ketones is 1. The van der Waals surface area contributed by atoms with Gasteiger partial charge in [-0.1, -0.05) is 26.8 Å². The molecule has 0 saturated heterocycles. The third kappa shape index (κ3) is 1.92. The number of Topliss-reactive ketones (excluding diaryl/α,β-unsaturated/α-hetero) is 1. The predicted molar refractivity (Wildman–Crippen MR) is 46.4 cm³/mol. The van der Waals surface area contributed by atoms with Gasteiger partial charge in [0.25, 0.3) is 0 Å². The molecule has 11 heavy (non-hydrogen) atoms. The van der Waals surface area contributed by atoms with Crippen LogP contribution >= 0.6 is 0 Å². The molecule has 1 heteroatoms. The lowest BCUT2D eigenvalue weighted by Gasteiger charge is -2.27. The Bertz CT molecular complexity index is 199. The molecule has 62 valence electrons. The number of hydrogen-bond donors (Lipinski definition) is 0. The number of carbonyl (C=O) groups excluding carboxylic acids is 1. The van der Waals surface area contributed by atoms with E-state index >= 15 is 0 Å². The van der Waals surface area contributed by atoms with Crippen LogP contribution in [-0.2, 0) is 4.79 Å². The highest BCUT2D eigenvalue weighted by Crippen LogP contribution is 2.32. The standard InChI is InChI=1S/C10H16O/c1-4-8-5-6-10(2,3)7-9(8)11/h5H,4,6-7H2,1-3H3. The Kier molecular flexibility index (Phi) is 2.17. The molecule has 0 fully saturated rings. The summed E-state index contributed by atoms with van der Waals surface area (Å²) >= 11 is 0.